The number of ether oxygens (including phenoxy) is 1. The van der Waals surface area contributed by atoms with Gasteiger partial charge in [-0.2, -0.15) is 0 Å². The molecule has 0 bridgehead atoms. The van der Waals surface area contributed by atoms with Crippen molar-refractivity contribution >= 4 is 5.91 Å². The Labute approximate surface area is 84.6 Å². The van der Waals surface area contributed by atoms with Crippen LogP contribution >= 0.6 is 0 Å². The van der Waals surface area contributed by atoms with Gasteiger partial charge < -0.3 is 10.1 Å². The van der Waals surface area contributed by atoms with Crippen LogP contribution in [0.2, 0.25) is 0 Å². The predicted octanol–water partition coefficient (Wildman–Crippen LogP) is 0.333. The van der Waals surface area contributed by atoms with Crippen LogP contribution in [0.25, 0.3) is 0 Å². The molecule has 2 saturated heterocycles. The molecule has 2 rings (SSSR count). The van der Waals surface area contributed by atoms with Gasteiger partial charge in [-0.15, -0.1) is 0 Å². The number of nitrogens with zero attached hydrogens (tertiary/aromatic N) is 1. The molecule has 4 heteroatoms. The van der Waals surface area contributed by atoms with Crippen molar-refractivity contribution in [3.8, 4) is 0 Å². The standard InChI is InChI=1S/C10H18N2O2/c1-8-6-9(3-5-14-8)12-4-2-10(13)11-7-12/h8-9H,2-7H2,1H3,(H,11,13). The molecule has 1 N–H and O–H groups in total. The summed E-state index contributed by atoms with van der Waals surface area (Å²) in [5.41, 5.74) is 0. The Bertz CT molecular complexity index is 210. The van der Waals surface area contributed by atoms with Crippen molar-refractivity contribution in [1.82, 2.24) is 10.2 Å². The van der Waals surface area contributed by atoms with Crippen LogP contribution in [0.3, 0.4) is 0 Å². The first kappa shape index (κ1) is 9.93. The fourth-order valence-electron chi connectivity index (χ4n) is 2.22. The molecule has 1 amide bonds. The molecule has 0 aromatic carbocycles. The van der Waals surface area contributed by atoms with Crippen LogP contribution in [0.4, 0.5) is 0 Å². The van der Waals surface area contributed by atoms with E-state index in [1.165, 1.54) is 0 Å². The van der Waals surface area contributed by atoms with Crippen LogP contribution in [-0.2, 0) is 9.53 Å². The summed E-state index contributed by atoms with van der Waals surface area (Å²) >= 11 is 0. The number of nitrogens with one attached hydrogen (secondary N) is 1. The second-order valence-corrected chi connectivity index (χ2v) is 4.18. The summed E-state index contributed by atoms with van der Waals surface area (Å²) in [6.45, 7) is 4.60. The Morgan fingerprint density at radius 2 is 2.43 bits per heavy atom. The minimum Gasteiger partial charge on any atom is -0.378 e. The lowest BCUT2D eigenvalue weighted by atomic mass is 10.0. The van der Waals surface area contributed by atoms with Gasteiger partial charge in [-0.25, -0.2) is 0 Å². The zero-order valence-corrected chi connectivity index (χ0v) is 8.66. The van der Waals surface area contributed by atoms with Crippen molar-refractivity contribution in [3.63, 3.8) is 0 Å². The topological polar surface area (TPSA) is 41.6 Å². The minimum atomic E-state index is 0.182. The monoisotopic (exact) mass is 198 g/mol. The number of amides is 1. The van der Waals surface area contributed by atoms with E-state index >= 15 is 0 Å². The quantitative estimate of drug-likeness (QED) is 0.660. The highest BCUT2D eigenvalue weighted by atomic mass is 16.5. The molecular weight excluding hydrogens is 180 g/mol. The van der Waals surface area contributed by atoms with E-state index in [1.54, 1.807) is 0 Å². The van der Waals surface area contributed by atoms with Gasteiger partial charge in [0.1, 0.15) is 0 Å². The van der Waals surface area contributed by atoms with Crippen molar-refractivity contribution in [1.29, 1.82) is 0 Å². The first-order valence-corrected chi connectivity index (χ1v) is 5.38. The summed E-state index contributed by atoms with van der Waals surface area (Å²) in [6.07, 6.45) is 3.20. The van der Waals surface area contributed by atoms with E-state index in [9.17, 15) is 4.79 Å². The highest BCUT2D eigenvalue weighted by Gasteiger charge is 2.27. The summed E-state index contributed by atoms with van der Waals surface area (Å²) in [7, 11) is 0. The molecule has 2 fully saturated rings. The highest BCUT2D eigenvalue weighted by molar-refractivity contribution is 5.76. The van der Waals surface area contributed by atoms with E-state index in [0.717, 1.165) is 32.7 Å². The summed E-state index contributed by atoms with van der Waals surface area (Å²) in [4.78, 5) is 13.4. The Kier molecular flexibility index (Phi) is 3.03. The van der Waals surface area contributed by atoms with Gasteiger partial charge in [0, 0.05) is 25.6 Å². The number of rotatable bonds is 1. The molecule has 0 spiro atoms. The zero-order valence-electron chi connectivity index (χ0n) is 8.66. The van der Waals surface area contributed by atoms with Crippen LogP contribution in [-0.4, -0.2) is 42.8 Å². The molecule has 0 radical (unpaired) electrons. The number of hydrogen-bond donors (Lipinski definition) is 1. The minimum absolute atomic E-state index is 0.182. The second kappa shape index (κ2) is 4.28. The zero-order chi connectivity index (χ0) is 9.97. The van der Waals surface area contributed by atoms with Crippen LogP contribution in [0, 0.1) is 0 Å². The lowest BCUT2D eigenvalue weighted by molar-refractivity contribution is -0.125. The average Bonchev–Trinajstić information content (AvgIpc) is 2.19. The largest absolute Gasteiger partial charge is 0.378 e. The van der Waals surface area contributed by atoms with E-state index in [2.05, 4.69) is 17.1 Å². The normalized spacial score (nSPS) is 35.4. The molecule has 0 aliphatic carbocycles. The number of hydrogen-bond acceptors (Lipinski definition) is 3. The Morgan fingerprint density at radius 3 is 3.07 bits per heavy atom. The lowest BCUT2D eigenvalue weighted by Crippen LogP contribution is -2.51. The molecule has 2 unspecified atom stereocenters. The first-order chi connectivity index (χ1) is 6.75. The van der Waals surface area contributed by atoms with Gasteiger partial charge in [-0.3, -0.25) is 9.69 Å². The molecule has 4 nitrogen and oxygen atoms in total. The second-order valence-electron chi connectivity index (χ2n) is 4.18. The third kappa shape index (κ3) is 2.25. The average molecular weight is 198 g/mol. The SMILES string of the molecule is CC1CC(N2CCC(=O)NC2)CCO1. The third-order valence-corrected chi connectivity index (χ3v) is 3.08. The summed E-state index contributed by atoms with van der Waals surface area (Å²) in [5, 5.41) is 2.89. The van der Waals surface area contributed by atoms with E-state index in [-0.39, 0.29) is 5.91 Å². The molecule has 2 aliphatic heterocycles. The van der Waals surface area contributed by atoms with Crippen molar-refractivity contribution < 1.29 is 9.53 Å². The number of carbonyl (C=O) groups excluding carboxylic acids is 1. The van der Waals surface area contributed by atoms with Crippen molar-refractivity contribution in [2.75, 3.05) is 19.8 Å². The molecule has 2 aliphatic rings. The lowest BCUT2D eigenvalue weighted by Gasteiger charge is -2.38. The summed E-state index contributed by atoms with van der Waals surface area (Å²) < 4.78 is 5.51. The van der Waals surface area contributed by atoms with Gasteiger partial charge in [0.2, 0.25) is 5.91 Å². The van der Waals surface area contributed by atoms with Crippen molar-refractivity contribution in [2.45, 2.75) is 38.3 Å². The van der Waals surface area contributed by atoms with E-state index < -0.39 is 0 Å². The van der Waals surface area contributed by atoms with Gasteiger partial charge in [0.05, 0.1) is 12.8 Å². The first-order valence-electron chi connectivity index (χ1n) is 5.38. The van der Waals surface area contributed by atoms with Crippen LogP contribution < -0.4 is 5.32 Å². The fraction of sp³-hybridized carbons (Fsp3) is 0.900. The molecular formula is C10H18N2O2. The van der Waals surface area contributed by atoms with Gasteiger partial charge >= 0.3 is 0 Å². The van der Waals surface area contributed by atoms with Gasteiger partial charge in [-0.05, 0) is 19.8 Å². The van der Waals surface area contributed by atoms with Crippen LogP contribution in [0.1, 0.15) is 26.2 Å². The van der Waals surface area contributed by atoms with Gasteiger partial charge in [-0.1, -0.05) is 0 Å². The van der Waals surface area contributed by atoms with E-state index in [1.807, 2.05) is 0 Å². The highest BCUT2D eigenvalue weighted by Crippen LogP contribution is 2.19. The number of carbonyl (C=O) groups is 1. The fourth-order valence-corrected chi connectivity index (χ4v) is 2.22. The maximum absolute atomic E-state index is 11.0. The van der Waals surface area contributed by atoms with Crippen LogP contribution in [0.15, 0.2) is 0 Å². The molecule has 0 aromatic rings. The van der Waals surface area contributed by atoms with Crippen molar-refractivity contribution in [2.24, 2.45) is 0 Å². The van der Waals surface area contributed by atoms with Gasteiger partial charge in [0.15, 0.2) is 0 Å². The maximum Gasteiger partial charge on any atom is 0.222 e. The van der Waals surface area contributed by atoms with E-state index in [4.69, 9.17) is 4.74 Å². The molecule has 2 heterocycles. The maximum atomic E-state index is 11.0. The smallest absolute Gasteiger partial charge is 0.222 e. The predicted molar refractivity (Wildman–Crippen MR) is 52.8 cm³/mol. The van der Waals surface area contributed by atoms with Gasteiger partial charge in [0.25, 0.3) is 0 Å². The third-order valence-electron chi connectivity index (χ3n) is 3.08. The molecule has 0 aromatic heterocycles. The Morgan fingerprint density at radius 1 is 1.57 bits per heavy atom. The summed E-state index contributed by atoms with van der Waals surface area (Å²) in [6, 6.07) is 0.597. The van der Waals surface area contributed by atoms with Crippen LogP contribution in [0.5, 0.6) is 0 Å². The summed E-state index contributed by atoms with van der Waals surface area (Å²) in [5.74, 6) is 0.182. The Balaban J connectivity index is 1.85. The molecule has 14 heavy (non-hydrogen) atoms. The molecule has 0 saturated carbocycles. The van der Waals surface area contributed by atoms with Crippen molar-refractivity contribution in [3.05, 3.63) is 0 Å². The molecule has 80 valence electrons. The van der Waals surface area contributed by atoms with E-state index in [0.29, 0.717) is 18.6 Å². The Hall–Kier alpha value is -0.610. The molecule has 2 atom stereocenters.